The Kier molecular flexibility index (Phi) is 5.66. The molecule has 1 heterocycles. The maximum absolute atomic E-state index is 12.6. The minimum atomic E-state index is -3.84. The van der Waals surface area contributed by atoms with Gasteiger partial charge in [-0.05, 0) is 48.5 Å². The summed E-state index contributed by atoms with van der Waals surface area (Å²) in [6, 6.07) is 14.1. The van der Waals surface area contributed by atoms with E-state index in [9.17, 15) is 18.5 Å². The summed E-state index contributed by atoms with van der Waals surface area (Å²) in [6.45, 7) is 0. The molecule has 9 nitrogen and oxygen atoms in total. The molecule has 0 amide bonds. The fourth-order valence-corrected chi connectivity index (χ4v) is 3.84. The molecule has 154 valence electrons. The van der Waals surface area contributed by atoms with Gasteiger partial charge >= 0.3 is 5.97 Å². The quantitative estimate of drug-likeness (QED) is 0.578. The standard InChI is InChI=1S/C20H18N4O5S/c1-28-16-7-3-14(4-8-16)23-30(26,27)17-9-5-15(6-10-17)24-12-13(11-21)18(22)19(24)20(25)29-2/h3-10,12,23H,22H2,1-2H3. The predicted octanol–water partition coefficient (Wildman–Crippen LogP) is 2.53. The number of sulfonamides is 1. The zero-order valence-corrected chi connectivity index (χ0v) is 16.9. The number of methoxy groups -OCH3 is 2. The topological polar surface area (TPSA) is 136 Å². The van der Waals surface area contributed by atoms with Crippen molar-refractivity contribution in [2.75, 3.05) is 24.7 Å². The monoisotopic (exact) mass is 426 g/mol. The SMILES string of the molecule is COC(=O)c1c(N)c(C#N)cn1-c1ccc(S(=O)(=O)Nc2ccc(OC)cc2)cc1. The van der Waals surface area contributed by atoms with Crippen molar-refractivity contribution in [2.24, 2.45) is 0 Å². The summed E-state index contributed by atoms with van der Waals surface area (Å²) >= 11 is 0. The number of nitrogens with one attached hydrogen (secondary N) is 1. The molecule has 3 rings (SSSR count). The van der Waals surface area contributed by atoms with Gasteiger partial charge < -0.3 is 19.8 Å². The van der Waals surface area contributed by atoms with Crippen LogP contribution in [0.2, 0.25) is 0 Å². The van der Waals surface area contributed by atoms with Crippen LogP contribution < -0.4 is 15.2 Å². The van der Waals surface area contributed by atoms with Gasteiger partial charge in [0.2, 0.25) is 0 Å². The van der Waals surface area contributed by atoms with Gasteiger partial charge in [-0.1, -0.05) is 0 Å². The maximum atomic E-state index is 12.6. The van der Waals surface area contributed by atoms with Gasteiger partial charge in [0.25, 0.3) is 10.0 Å². The van der Waals surface area contributed by atoms with E-state index in [1.807, 2.05) is 6.07 Å². The average Bonchev–Trinajstić information content (AvgIpc) is 3.10. The number of hydrogen-bond acceptors (Lipinski definition) is 7. The van der Waals surface area contributed by atoms with Crippen LogP contribution in [0.1, 0.15) is 16.1 Å². The summed E-state index contributed by atoms with van der Waals surface area (Å²) in [5, 5.41) is 9.19. The first kappa shape index (κ1) is 20.8. The van der Waals surface area contributed by atoms with Crippen LogP contribution in [0.15, 0.2) is 59.6 Å². The van der Waals surface area contributed by atoms with E-state index in [0.29, 0.717) is 17.1 Å². The third kappa shape index (κ3) is 3.92. The summed E-state index contributed by atoms with van der Waals surface area (Å²) in [5.41, 5.74) is 6.77. The van der Waals surface area contributed by atoms with E-state index < -0.39 is 16.0 Å². The number of hydrogen-bond donors (Lipinski definition) is 2. The fraction of sp³-hybridized carbons (Fsp3) is 0.100. The van der Waals surface area contributed by atoms with Gasteiger partial charge in [-0.15, -0.1) is 0 Å². The molecule has 0 aliphatic heterocycles. The van der Waals surface area contributed by atoms with Crippen LogP contribution in [0.5, 0.6) is 5.75 Å². The van der Waals surface area contributed by atoms with E-state index in [2.05, 4.69) is 4.72 Å². The highest BCUT2D eigenvalue weighted by molar-refractivity contribution is 7.92. The molecular formula is C20H18N4O5S. The smallest absolute Gasteiger partial charge is 0.357 e. The Bertz CT molecular complexity index is 1220. The first-order chi connectivity index (χ1) is 14.3. The van der Waals surface area contributed by atoms with Crippen LogP contribution in [0, 0.1) is 11.3 Å². The lowest BCUT2D eigenvalue weighted by atomic mass is 10.2. The van der Waals surface area contributed by atoms with Gasteiger partial charge in [-0.2, -0.15) is 5.26 Å². The van der Waals surface area contributed by atoms with Crippen molar-refractivity contribution in [1.29, 1.82) is 5.26 Å². The number of carbonyl (C=O) groups is 1. The molecule has 0 saturated heterocycles. The van der Waals surface area contributed by atoms with Crippen LogP contribution >= 0.6 is 0 Å². The Balaban J connectivity index is 1.93. The number of esters is 1. The number of anilines is 2. The number of benzene rings is 2. The van der Waals surface area contributed by atoms with Crippen molar-refractivity contribution in [3.05, 3.63) is 66.0 Å². The Morgan fingerprint density at radius 3 is 2.27 bits per heavy atom. The molecule has 1 aromatic heterocycles. The molecule has 0 fully saturated rings. The minimum absolute atomic E-state index is 0.0118. The summed E-state index contributed by atoms with van der Waals surface area (Å²) in [5.74, 6) is -0.113. The molecule has 0 unspecified atom stereocenters. The second-order valence-corrected chi connectivity index (χ2v) is 7.79. The lowest BCUT2D eigenvalue weighted by Gasteiger charge is -2.11. The van der Waals surface area contributed by atoms with E-state index in [0.717, 1.165) is 0 Å². The highest BCUT2D eigenvalue weighted by atomic mass is 32.2. The molecule has 0 bridgehead atoms. The molecule has 0 radical (unpaired) electrons. The number of nitrogens with zero attached hydrogens (tertiary/aromatic N) is 2. The van der Waals surface area contributed by atoms with Crippen molar-refractivity contribution < 1.29 is 22.7 Å². The van der Waals surface area contributed by atoms with Gasteiger partial charge in [0.05, 0.1) is 30.4 Å². The zero-order valence-electron chi connectivity index (χ0n) is 16.1. The van der Waals surface area contributed by atoms with E-state index in [1.165, 1.54) is 49.2 Å². The largest absolute Gasteiger partial charge is 0.497 e. The van der Waals surface area contributed by atoms with Crippen LogP contribution in [0.25, 0.3) is 5.69 Å². The number of nitrogens with two attached hydrogens (primary N) is 1. The van der Waals surface area contributed by atoms with Gasteiger partial charge in [0, 0.05) is 17.6 Å². The minimum Gasteiger partial charge on any atom is -0.497 e. The van der Waals surface area contributed by atoms with Crippen molar-refractivity contribution in [1.82, 2.24) is 4.57 Å². The van der Waals surface area contributed by atoms with Gasteiger partial charge in [0.15, 0.2) is 5.69 Å². The van der Waals surface area contributed by atoms with Crippen LogP contribution in [-0.4, -0.2) is 33.2 Å². The fourth-order valence-electron chi connectivity index (χ4n) is 2.78. The molecule has 3 aromatic rings. The van der Waals surface area contributed by atoms with Crippen LogP contribution in [-0.2, 0) is 14.8 Å². The second kappa shape index (κ2) is 8.18. The van der Waals surface area contributed by atoms with Gasteiger partial charge in [-0.3, -0.25) is 4.72 Å². The Hall–Kier alpha value is -3.97. The summed E-state index contributed by atoms with van der Waals surface area (Å²) in [4.78, 5) is 12.1. The highest BCUT2D eigenvalue weighted by Gasteiger charge is 2.22. The second-order valence-electron chi connectivity index (χ2n) is 6.11. The maximum Gasteiger partial charge on any atom is 0.357 e. The predicted molar refractivity (Wildman–Crippen MR) is 110 cm³/mol. The van der Waals surface area contributed by atoms with Crippen molar-refractivity contribution in [3.8, 4) is 17.5 Å². The number of nitriles is 1. The Morgan fingerprint density at radius 1 is 1.10 bits per heavy atom. The zero-order chi connectivity index (χ0) is 21.9. The van der Waals surface area contributed by atoms with Gasteiger partial charge in [-0.25, -0.2) is 13.2 Å². The summed E-state index contributed by atoms with van der Waals surface area (Å²) in [7, 11) is -1.12. The number of rotatable bonds is 6. The Labute approximate surface area is 173 Å². The molecule has 0 atom stereocenters. The number of nitrogen functional groups attached to an aromatic ring is 1. The van der Waals surface area contributed by atoms with Crippen molar-refractivity contribution in [3.63, 3.8) is 0 Å². The molecule has 3 N–H and O–H groups in total. The highest BCUT2D eigenvalue weighted by Crippen LogP contribution is 2.26. The van der Waals surface area contributed by atoms with E-state index in [1.54, 1.807) is 24.3 Å². The molecule has 0 spiro atoms. The third-order valence-electron chi connectivity index (χ3n) is 4.31. The average molecular weight is 426 g/mol. The van der Waals surface area contributed by atoms with E-state index >= 15 is 0 Å². The lowest BCUT2D eigenvalue weighted by molar-refractivity contribution is 0.0593. The number of aromatic nitrogens is 1. The Morgan fingerprint density at radius 2 is 1.73 bits per heavy atom. The first-order valence-electron chi connectivity index (χ1n) is 8.57. The summed E-state index contributed by atoms with van der Waals surface area (Å²) < 4.78 is 38.9. The normalized spacial score (nSPS) is 10.8. The molecule has 0 aliphatic carbocycles. The van der Waals surface area contributed by atoms with Gasteiger partial charge in [0.1, 0.15) is 11.8 Å². The number of carbonyl (C=O) groups excluding carboxylic acids is 1. The molecular weight excluding hydrogens is 408 g/mol. The van der Waals surface area contributed by atoms with Crippen molar-refractivity contribution >= 4 is 27.4 Å². The molecule has 2 aromatic carbocycles. The molecule has 0 saturated carbocycles. The number of ether oxygens (including phenoxy) is 2. The molecule has 0 aliphatic rings. The third-order valence-corrected chi connectivity index (χ3v) is 5.71. The van der Waals surface area contributed by atoms with Crippen molar-refractivity contribution in [2.45, 2.75) is 4.90 Å². The molecule has 10 heteroatoms. The summed E-state index contributed by atoms with van der Waals surface area (Å²) in [6.07, 6.45) is 1.39. The van der Waals surface area contributed by atoms with Crippen LogP contribution in [0.4, 0.5) is 11.4 Å². The lowest BCUT2D eigenvalue weighted by Crippen LogP contribution is -2.13. The van der Waals surface area contributed by atoms with Crippen LogP contribution in [0.3, 0.4) is 0 Å². The molecule has 30 heavy (non-hydrogen) atoms. The van der Waals surface area contributed by atoms with E-state index in [4.69, 9.17) is 15.2 Å². The van der Waals surface area contributed by atoms with E-state index in [-0.39, 0.29) is 21.8 Å². The first-order valence-corrected chi connectivity index (χ1v) is 10.1.